The maximum absolute atomic E-state index is 12.6. The van der Waals surface area contributed by atoms with Crippen molar-refractivity contribution in [2.75, 3.05) is 5.32 Å². The van der Waals surface area contributed by atoms with Crippen LogP contribution < -0.4 is 10.4 Å². The summed E-state index contributed by atoms with van der Waals surface area (Å²) in [7, 11) is -3.88. The van der Waals surface area contributed by atoms with Crippen LogP contribution in [0.5, 0.6) is 5.75 Å². The van der Waals surface area contributed by atoms with Crippen LogP contribution in [0, 0.1) is 6.92 Å². The lowest BCUT2D eigenvalue weighted by atomic mass is 10.1. The highest BCUT2D eigenvalue weighted by molar-refractivity contribution is 7.90. The molecule has 3 aromatic carbocycles. The average Bonchev–Trinajstić information content (AvgIpc) is 2.65. The van der Waals surface area contributed by atoms with E-state index in [2.05, 4.69) is 9.71 Å². The lowest BCUT2D eigenvalue weighted by Crippen LogP contribution is -2.16. The van der Waals surface area contributed by atoms with E-state index in [1.807, 2.05) is 6.07 Å². The number of nitrogens with zero attached hydrogens (tertiary/aromatic N) is 1. The number of aryl methyl sites for hydroxylation is 1. The molecule has 132 valence electrons. The van der Waals surface area contributed by atoms with Crippen LogP contribution in [0.15, 0.2) is 88.2 Å². The standard InChI is InChI=1S/C20H18N2O3S/c1-15-14-17(12-13-19(15)23)21-20(16-8-4-2-5-9-16)22-26(24,25)18-10-6-3-7-11-18/h2-14,23H,1H3,(H,21,22)/p-1. The van der Waals surface area contributed by atoms with Gasteiger partial charge in [0.05, 0.1) is 4.90 Å². The normalized spacial score (nSPS) is 12.0. The van der Waals surface area contributed by atoms with Crippen LogP contribution in [0.2, 0.25) is 0 Å². The Bertz CT molecular complexity index is 1030. The van der Waals surface area contributed by atoms with E-state index >= 15 is 0 Å². The van der Waals surface area contributed by atoms with E-state index in [-0.39, 0.29) is 16.5 Å². The number of anilines is 1. The largest absolute Gasteiger partial charge is 0.872 e. The number of benzene rings is 3. The van der Waals surface area contributed by atoms with E-state index in [0.717, 1.165) is 0 Å². The second-order valence-electron chi connectivity index (χ2n) is 5.70. The van der Waals surface area contributed by atoms with Crippen molar-refractivity contribution in [3.63, 3.8) is 0 Å². The first-order valence-corrected chi connectivity index (χ1v) is 9.40. The SMILES string of the molecule is Cc1cc(NC(=NS(=O)(=O)c2ccccc2)c2ccccc2)ccc1[O-]. The topological polar surface area (TPSA) is 81.6 Å². The van der Waals surface area contributed by atoms with Gasteiger partial charge in [-0.25, -0.2) is 0 Å². The molecule has 0 heterocycles. The highest BCUT2D eigenvalue weighted by Gasteiger charge is 2.15. The first kappa shape index (κ1) is 17.7. The molecule has 1 N–H and O–H groups in total. The fourth-order valence-corrected chi connectivity index (χ4v) is 3.37. The highest BCUT2D eigenvalue weighted by Crippen LogP contribution is 2.20. The molecule has 3 rings (SSSR count). The molecule has 6 heteroatoms. The van der Waals surface area contributed by atoms with Crippen LogP contribution in [-0.2, 0) is 10.0 Å². The van der Waals surface area contributed by atoms with Crippen molar-refractivity contribution >= 4 is 21.5 Å². The van der Waals surface area contributed by atoms with E-state index in [9.17, 15) is 13.5 Å². The second kappa shape index (κ2) is 7.41. The summed E-state index contributed by atoms with van der Waals surface area (Å²) in [5.41, 5.74) is 1.78. The molecule has 0 saturated carbocycles. The predicted molar refractivity (Wildman–Crippen MR) is 101 cm³/mol. The molecule has 0 fully saturated rings. The molecule has 0 radical (unpaired) electrons. The molecule has 0 saturated heterocycles. The number of rotatable bonds is 4. The second-order valence-corrected chi connectivity index (χ2v) is 7.30. The fraction of sp³-hybridized carbons (Fsp3) is 0.0500. The summed E-state index contributed by atoms with van der Waals surface area (Å²) in [6, 6.07) is 21.7. The minimum absolute atomic E-state index is 0.0781. The Labute approximate surface area is 152 Å². The van der Waals surface area contributed by atoms with E-state index in [0.29, 0.717) is 16.8 Å². The Morgan fingerprint density at radius 1 is 0.923 bits per heavy atom. The van der Waals surface area contributed by atoms with Crippen LogP contribution in [0.1, 0.15) is 11.1 Å². The van der Waals surface area contributed by atoms with Gasteiger partial charge >= 0.3 is 0 Å². The highest BCUT2D eigenvalue weighted by atomic mass is 32.2. The summed E-state index contributed by atoms with van der Waals surface area (Å²) in [6.45, 7) is 1.70. The molecule has 0 spiro atoms. The lowest BCUT2D eigenvalue weighted by molar-refractivity contribution is -0.269. The van der Waals surface area contributed by atoms with Gasteiger partial charge in [0.15, 0.2) is 5.84 Å². The Balaban J connectivity index is 2.05. The molecule has 0 aromatic heterocycles. The molecule has 0 atom stereocenters. The minimum atomic E-state index is -3.88. The van der Waals surface area contributed by atoms with Crippen LogP contribution in [-0.4, -0.2) is 14.3 Å². The van der Waals surface area contributed by atoms with Crippen molar-refractivity contribution in [1.29, 1.82) is 0 Å². The number of amidine groups is 1. The average molecular weight is 365 g/mol. The van der Waals surface area contributed by atoms with Crippen molar-refractivity contribution in [3.05, 3.63) is 90.0 Å². The molecule has 0 bridgehead atoms. The van der Waals surface area contributed by atoms with Gasteiger partial charge in [-0.2, -0.15) is 8.42 Å². The van der Waals surface area contributed by atoms with Gasteiger partial charge in [0.1, 0.15) is 0 Å². The summed E-state index contributed by atoms with van der Waals surface area (Å²) in [5, 5.41) is 14.6. The Morgan fingerprint density at radius 3 is 2.15 bits per heavy atom. The van der Waals surface area contributed by atoms with E-state index in [1.165, 1.54) is 18.2 Å². The number of nitrogens with one attached hydrogen (secondary N) is 1. The van der Waals surface area contributed by atoms with Crippen LogP contribution in [0.25, 0.3) is 0 Å². The molecule has 0 aliphatic carbocycles. The van der Waals surface area contributed by atoms with E-state index < -0.39 is 10.0 Å². The molecular formula is C20H17N2O3S-. The molecule has 26 heavy (non-hydrogen) atoms. The van der Waals surface area contributed by atoms with Gasteiger partial charge in [0.2, 0.25) is 0 Å². The predicted octanol–water partition coefficient (Wildman–Crippen LogP) is 3.32. The first-order valence-electron chi connectivity index (χ1n) is 7.96. The van der Waals surface area contributed by atoms with Crippen LogP contribution in [0.3, 0.4) is 0 Å². The third-order valence-corrected chi connectivity index (χ3v) is 5.03. The summed E-state index contributed by atoms with van der Waals surface area (Å²) in [4.78, 5) is 0.112. The number of sulfonamides is 1. The maximum atomic E-state index is 12.6. The smallest absolute Gasteiger partial charge is 0.284 e. The summed E-state index contributed by atoms with van der Waals surface area (Å²) in [5.74, 6) is 0.109. The zero-order valence-corrected chi connectivity index (χ0v) is 14.9. The third kappa shape index (κ3) is 4.10. The van der Waals surface area contributed by atoms with E-state index in [1.54, 1.807) is 61.5 Å². The van der Waals surface area contributed by atoms with Crippen molar-refractivity contribution in [3.8, 4) is 5.75 Å². The molecule has 0 amide bonds. The number of hydrogen-bond donors (Lipinski definition) is 1. The van der Waals surface area contributed by atoms with Gasteiger partial charge in [-0.05, 0) is 31.2 Å². The van der Waals surface area contributed by atoms with Gasteiger partial charge < -0.3 is 10.4 Å². The summed E-state index contributed by atoms with van der Waals surface area (Å²) < 4.78 is 29.3. The minimum Gasteiger partial charge on any atom is -0.872 e. The van der Waals surface area contributed by atoms with Gasteiger partial charge in [-0.15, -0.1) is 10.1 Å². The molecule has 0 aliphatic rings. The van der Waals surface area contributed by atoms with Gasteiger partial charge in [-0.3, -0.25) is 0 Å². The van der Waals surface area contributed by atoms with Crippen molar-refractivity contribution in [1.82, 2.24) is 0 Å². The van der Waals surface area contributed by atoms with Crippen molar-refractivity contribution < 1.29 is 13.5 Å². The van der Waals surface area contributed by atoms with E-state index in [4.69, 9.17) is 0 Å². The zero-order chi connectivity index (χ0) is 18.6. The quantitative estimate of drug-likeness (QED) is 0.568. The van der Waals surface area contributed by atoms with Gasteiger partial charge in [0.25, 0.3) is 10.0 Å². The Hall–Kier alpha value is -3.12. The zero-order valence-electron chi connectivity index (χ0n) is 14.1. The first-order chi connectivity index (χ1) is 12.5. The number of hydrogen-bond acceptors (Lipinski definition) is 3. The van der Waals surface area contributed by atoms with Crippen molar-refractivity contribution in [2.24, 2.45) is 4.40 Å². The van der Waals surface area contributed by atoms with Gasteiger partial charge in [0, 0.05) is 11.3 Å². The Kier molecular flexibility index (Phi) is 5.04. The lowest BCUT2D eigenvalue weighted by Gasteiger charge is -2.14. The summed E-state index contributed by atoms with van der Waals surface area (Å²) in [6.07, 6.45) is 0. The monoisotopic (exact) mass is 365 g/mol. The molecule has 0 unspecified atom stereocenters. The molecular weight excluding hydrogens is 348 g/mol. The maximum Gasteiger partial charge on any atom is 0.284 e. The third-order valence-electron chi connectivity index (χ3n) is 3.74. The van der Waals surface area contributed by atoms with Crippen LogP contribution >= 0.6 is 0 Å². The molecule has 3 aromatic rings. The molecule has 0 aliphatic heterocycles. The van der Waals surface area contributed by atoms with Gasteiger partial charge in [-0.1, -0.05) is 60.2 Å². The fourth-order valence-electron chi connectivity index (χ4n) is 2.37. The Morgan fingerprint density at radius 2 is 1.54 bits per heavy atom. The summed E-state index contributed by atoms with van der Waals surface area (Å²) >= 11 is 0. The molecule has 5 nitrogen and oxygen atoms in total. The van der Waals surface area contributed by atoms with Crippen molar-refractivity contribution in [2.45, 2.75) is 11.8 Å². The van der Waals surface area contributed by atoms with Crippen LogP contribution in [0.4, 0.5) is 5.69 Å².